The third-order valence-electron chi connectivity index (χ3n) is 1.60. The highest BCUT2D eigenvalue weighted by molar-refractivity contribution is 4.90. The highest BCUT2D eigenvalue weighted by Crippen LogP contribution is 2.02. The van der Waals surface area contributed by atoms with Crippen LogP contribution in [0.5, 0.6) is 0 Å². The zero-order valence-electron chi connectivity index (χ0n) is 6.31. The molecule has 0 saturated heterocycles. The van der Waals surface area contributed by atoms with Crippen molar-refractivity contribution in [3.8, 4) is 0 Å². The van der Waals surface area contributed by atoms with Gasteiger partial charge in [-0.05, 0) is 13.6 Å². The maximum absolute atomic E-state index is 12.1. The molecule has 0 rings (SSSR count). The van der Waals surface area contributed by atoms with Gasteiger partial charge in [-0.15, -0.1) is 6.58 Å². The van der Waals surface area contributed by atoms with E-state index >= 15 is 0 Å². The molecule has 3 heteroatoms. The zero-order chi connectivity index (χ0) is 7.98. The van der Waals surface area contributed by atoms with Crippen molar-refractivity contribution in [2.75, 3.05) is 20.3 Å². The summed E-state index contributed by atoms with van der Waals surface area (Å²) in [7, 11) is 1.77. The number of halogens is 1. The second-order valence-electron chi connectivity index (χ2n) is 2.20. The fraction of sp³-hybridized carbons (Fsp3) is 0.714. The molecule has 2 nitrogen and oxygen atoms in total. The predicted octanol–water partition coefficient (Wildman–Crippen LogP) is 0.305. The van der Waals surface area contributed by atoms with E-state index in [1.807, 2.05) is 0 Å². The molecule has 0 heterocycles. The van der Waals surface area contributed by atoms with Crippen LogP contribution in [0.1, 0.15) is 0 Å². The molecule has 0 spiro atoms. The second kappa shape index (κ2) is 5.38. The summed E-state index contributed by atoms with van der Waals surface area (Å²) in [5, 5.41) is 2.92. The van der Waals surface area contributed by atoms with Crippen LogP contribution in [0.3, 0.4) is 0 Å². The SMILES string of the molecule is C=C[C@@H](NC)[C@@H](CN)CF. The Kier molecular flexibility index (Phi) is 5.16. The van der Waals surface area contributed by atoms with Crippen LogP contribution in [0.15, 0.2) is 12.7 Å². The summed E-state index contributed by atoms with van der Waals surface area (Å²) in [6.07, 6.45) is 1.68. The number of hydrogen-bond acceptors (Lipinski definition) is 2. The lowest BCUT2D eigenvalue weighted by atomic mass is 10.0. The molecule has 3 N–H and O–H groups in total. The van der Waals surface area contributed by atoms with E-state index in [9.17, 15) is 4.39 Å². The minimum absolute atomic E-state index is 0.00463. The van der Waals surface area contributed by atoms with Crippen molar-refractivity contribution in [3.05, 3.63) is 12.7 Å². The Morgan fingerprint density at radius 3 is 2.50 bits per heavy atom. The number of nitrogens with one attached hydrogen (secondary N) is 1. The summed E-state index contributed by atoms with van der Waals surface area (Å²) in [4.78, 5) is 0. The van der Waals surface area contributed by atoms with Crippen LogP contribution in [0.25, 0.3) is 0 Å². The Hall–Kier alpha value is -0.410. The average molecular weight is 146 g/mol. The second-order valence-corrected chi connectivity index (χ2v) is 2.20. The highest BCUT2D eigenvalue weighted by atomic mass is 19.1. The molecule has 0 bridgehead atoms. The number of hydrogen-bond donors (Lipinski definition) is 2. The summed E-state index contributed by atoms with van der Waals surface area (Å²) in [6, 6.07) is -0.00463. The van der Waals surface area contributed by atoms with Crippen LogP contribution in [0.4, 0.5) is 4.39 Å². The molecule has 0 aliphatic carbocycles. The molecule has 0 aromatic rings. The molecule has 0 aliphatic rings. The topological polar surface area (TPSA) is 38.0 Å². The number of alkyl halides is 1. The van der Waals surface area contributed by atoms with Crippen LogP contribution in [0.2, 0.25) is 0 Å². The van der Waals surface area contributed by atoms with Gasteiger partial charge in [0.2, 0.25) is 0 Å². The predicted molar refractivity (Wildman–Crippen MR) is 41.6 cm³/mol. The maximum atomic E-state index is 12.1. The van der Waals surface area contributed by atoms with Gasteiger partial charge in [0.1, 0.15) is 0 Å². The summed E-state index contributed by atoms with van der Waals surface area (Å²) in [5.41, 5.74) is 5.31. The Bertz CT molecular complexity index is 91.6. The van der Waals surface area contributed by atoms with E-state index in [4.69, 9.17) is 5.73 Å². The van der Waals surface area contributed by atoms with E-state index in [1.165, 1.54) is 0 Å². The van der Waals surface area contributed by atoms with Gasteiger partial charge in [-0.1, -0.05) is 6.08 Å². The van der Waals surface area contributed by atoms with Crippen LogP contribution < -0.4 is 11.1 Å². The lowest BCUT2D eigenvalue weighted by Gasteiger charge is -2.18. The zero-order valence-corrected chi connectivity index (χ0v) is 6.31. The number of likely N-dealkylation sites (N-methyl/N-ethyl adjacent to an activating group) is 1. The van der Waals surface area contributed by atoms with Crippen LogP contribution in [0, 0.1) is 5.92 Å². The third-order valence-corrected chi connectivity index (χ3v) is 1.60. The monoisotopic (exact) mass is 146 g/mol. The van der Waals surface area contributed by atoms with Gasteiger partial charge in [0.25, 0.3) is 0 Å². The Morgan fingerprint density at radius 2 is 2.40 bits per heavy atom. The van der Waals surface area contributed by atoms with Gasteiger partial charge in [0.05, 0.1) is 6.67 Å². The molecule has 0 fully saturated rings. The molecule has 0 unspecified atom stereocenters. The first kappa shape index (κ1) is 9.59. The van der Waals surface area contributed by atoms with Crippen molar-refractivity contribution in [1.29, 1.82) is 0 Å². The Morgan fingerprint density at radius 1 is 1.80 bits per heavy atom. The molecular formula is C7H15FN2. The van der Waals surface area contributed by atoms with E-state index in [0.717, 1.165) is 0 Å². The highest BCUT2D eigenvalue weighted by Gasteiger charge is 2.14. The largest absolute Gasteiger partial charge is 0.330 e. The molecule has 0 saturated carbocycles. The van der Waals surface area contributed by atoms with E-state index in [2.05, 4.69) is 11.9 Å². The van der Waals surface area contributed by atoms with Gasteiger partial charge in [0.15, 0.2) is 0 Å². The molecule has 60 valence electrons. The number of rotatable bonds is 5. The van der Waals surface area contributed by atoms with E-state index < -0.39 is 6.67 Å². The first-order valence-corrected chi connectivity index (χ1v) is 3.36. The summed E-state index contributed by atoms with van der Waals surface area (Å²) in [6.45, 7) is 3.52. The van der Waals surface area contributed by atoms with Crippen molar-refractivity contribution in [2.45, 2.75) is 6.04 Å². The normalized spacial score (nSPS) is 16.3. The molecular weight excluding hydrogens is 131 g/mol. The van der Waals surface area contributed by atoms with Gasteiger partial charge in [-0.2, -0.15) is 0 Å². The first-order chi connectivity index (χ1) is 4.79. The lowest BCUT2D eigenvalue weighted by Crippen LogP contribution is -2.37. The van der Waals surface area contributed by atoms with E-state index in [0.29, 0.717) is 6.54 Å². The Labute approximate surface area is 61.3 Å². The molecule has 2 atom stereocenters. The molecule has 0 aliphatic heterocycles. The van der Waals surface area contributed by atoms with Crippen LogP contribution in [-0.4, -0.2) is 26.3 Å². The van der Waals surface area contributed by atoms with E-state index in [1.54, 1.807) is 13.1 Å². The van der Waals surface area contributed by atoms with Gasteiger partial charge in [0, 0.05) is 12.0 Å². The standard InChI is InChI=1S/C7H15FN2/c1-3-7(10-2)6(4-8)5-9/h3,6-7,10H,1,4-5,9H2,2H3/t6-,7-/m1/s1. The smallest absolute Gasteiger partial charge is 0.0952 e. The van der Waals surface area contributed by atoms with Gasteiger partial charge < -0.3 is 11.1 Å². The molecule has 0 amide bonds. The molecule has 0 aromatic carbocycles. The van der Waals surface area contributed by atoms with Gasteiger partial charge >= 0.3 is 0 Å². The van der Waals surface area contributed by atoms with Gasteiger partial charge in [-0.3, -0.25) is 4.39 Å². The fourth-order valence-corrected chi connectivity index (χ4v) is 0.852. The molecule has 10 heavy (non-hydrogen) atoms. The van der Waals surface area contributed by atoms with Crippen molar-refractivity contribution in [3.63, 3.8) is 0 Å². The van der Waals surface area contributed by atoms with E-state index in [-0.39, 0.29) is 12.0 Å². The van der Waals surface area contributed by atoms with Crippen molar-refractivity contribution in [2.24, 2.45) is 11.7 Å². The summed E-state index contributed by atoms with van der Waals surface area (Å²) < 4.78 is 12.1. The van der Waals surface area contributed by atoms with Crippen LogP contribution in [-0.2, 0) is 0 Å². The third kappa shape index (κ3) is 2.45. The first-order valence-electron chi connectivity index (χ1n) is 3.36. The van der Waals surface area contributed by atoms with Crippen molar-refractivity contribution >= 4 is 0 Å². The number of nitrogens with two attached hydrogens (primary N) is 1. The van der Waals surface area contributed by atoms with Crippen molar-refractivity contribution in [1.82, 2.24) is 5.32 Å². The average Bonchev–Trinajstić information content (AvgIpc) is 2.00. The fourth-order valence-electron chi connectivity index (χ4n) is 0.852. The summed E-state index contributed by atoms with van der Waals surface area (Å²) >= 11 is 0. The minimum Gasteiger partial charge on any atom is -0.330 e. The Balaban J connectivity index is 3.81. The van der Waals surface area contributed by atoms with Crippen molar-refractivity contribution < 1.29 is 4.39 Å². The van der Waals surface area contributed by atoms with Gasteiger partial charge in [-0.25, -0.2) is 0 Å². The molecule has 0 radical (unpaired) electrons. The molecule has 0 aromatic heterocycles. The quantitative estimate of drug-likeness (QED) is 0.548. The summed E-state index contributed by atoms with van der Waals surface area (Å²) in [5.74, 6) is -0.137. The minimum atomic E-state index is -0.395. The maximum Gasteiger partial charge on any atom is 0.0952 e. The lowest BCUT2D eigenvalue weighted by molar-refractivity contribution is 0.324. The van der Waals surface area contributed by atoms with Crippen LogP contribution >= 0.6 is 0 Å².